The zero-order chi connectivity index (χ0) is 12.1. The second-order valence-electron chi connectivity index (χ2n) is 4.52. The molecule has 0 radical (unpaired) electrons. The highest BCUT2D eigenvalue weighted by atomic mass is 16.5. The van der Waals surface area contributed by atoms with Crippen molar-refractivity contribution in [2.24, 2.45) is 5.92 Å². The van der Waals surface area contributed by atoms with Crippen molar-refractivity contribution in [3.8, 4) is 0 Å². The summed E-state index contributed by atoms with van der Waals surface area (Å²) in [5.41, 5.74) is 0.888. The van der Waals surface area contributed by atoms with E-state index in [1.807, 2.05) is 11.5 Å². The molecule has 1 rings (SSSR count). The number of rotatable bonds is 6. The molecule has 1 heterocycles. The normalized spacial score (nSPS) is 15.4. The first-order valence-electron chi connectivity index (χ1n) is 5.76. The fourth-order valence-electron chi connectivity index (χ4n) is 1.73. The SMILES string of the molecule is COCCC(C)C(O)c1cncn1C(C)C. The smallest absolute Gasteiger partial charge is 0.0982 e. The van der Waals surface area contributed by atoms with Gasteiger partial charge in [-0.15, -0.1) is 0 Å². The molecule has 0 saturated heterocycles. The molecule has 0 amide bonds. The first-order valence-corrected chi connectivity index (χ1v) is 5.76. The number of aliphatic hydroxyl groups excluding tert-OH is 1. The molecular weight excluding hydrogens is 204 g/mol. The third-order valence-corrected chi connectivity index (χ3v) is 2.87. The summed E-state index contributed by atoms with van der Waals surface area (Å²) in [6, 6.07) is 0.321. The molecule has 1 aromatic heterocycles. The Bertz CT molecular complexity index is 310. The van der Waals surface area contributed by atoms with Gasteiger partial charge in [0, 0.05) is 19.8 Å². The molecule has 1 aromatic rings. The molecule has 0 fully saturated rings. The second kappa shape index (κ2) is 6.01. The van der Waals surface area contributed by atoms with Gasteiger partial charge in [-0.1, -0.05) is 6.92 Å². The van der Waals surface area contributed by atoms with E-state index in [0.717, 1.165) is 12.1 Å². The number of aliphatic hydroxyl groups is 1. The summed E-state index contributed by atoms with van der Waals surface area (Å²) >= 11 is 0. The van der Waals surface area contributed by atoms with E-state index in [1.54, 1.807) is 19.6 Å². The minimum absolute atomic E-state index is 0.175. The van der Waals surface area contributed by atoms with Crippen LogP contribution in [0.4, 0.5) is 0 Å². The second-order valence-corrected chi connectivity index (χ2v) is 4.52. The Balaban J connectivity index is 2.71. The molecular formula is C12H22N2O2. The maximum Gasteiger partial charge on any atom is 0.0982 e. The number of imidazole rings is 1. The standard InChI is InChI=1S/C12H22N2O2/c1-9(2)14-8-13-7-11(14)12(15)10(3)5-6-16-4/h7-10,12,15H,5-6H2,1-4H3. The lowest BCUT2D eigenvalue weighted by atomic mass is 9.99. The van der Waals surface area contributed by atoms with E-state index in [4.69, 9.17) is 4.74 Å². The van der Waals surface area contributed by atoms with Crippen LogP contribution in [0, 0.1) is 5.92 Å². The molecule has 0 bridgehead atoms. The van der Waals surface area contributed by atoms with Crippen molar-refractivity contribution in [1.29, 1.82) is 0 Å². The van der Waals surface area contributed by atoms with Crippen LogP contribution in [-0.4, -0.2) is 28.4 Å². The molecule has 0 aromatic carbocycles. The number of hydrogen-bond acceptors (Lipinski definition) is 3. The first kappa shape index (κ1) is 13.2. The molecule has 0 spiro atoms. The average molecular weight is 226 g/mol. The molecule has 0 aliphatic heterocycles. The van der Waals surface area contributed by atoms with Crippen LogP contribution in [0.25, 0.3) is 0 Å². The van der Waals surface area contributed by atoms with E-state index in [2.05, 4.69) is 18.8 Å². The zero-order valence-corrected chi connectivity index (χ0v) is 10.6. The fraction of sp³-hybridized carbons (Fsp3) is 0.750. The van der Waals surface area contributed by atoms with Gasteiger partial charge >= 0.3 is 0 Å². The topological polar surface area (TPSA) is 47.3 Å². The first-order chi connectivity index (χ1) is 7.57. The summed E-state index contributed by atoms with van der Waals surface area (Å²) in [5, 5.41) is 10.2. The molecule has 2 unspecified atom stereocenters. The molecule has 92 valence electrons. The van der Waals surface area contributed by atoms with Gasteiger partial charge in [0.05, 0.1) is 24.3 Å². The van der Waals surface area contributed by atoms with Gasteiger partial charge in [0.2, 0.25) is 0 Å². The Hall–Kier alpha value is -0.870. The van der Waals surface area contributed by atoms with Gasteiger partial charge in [0.15, 0.2) is 0 Å². The Morgan fingerprint density at radius 1 is 1.44 bits per heavy atom. The van der Waals surface area contributed by atoms with Crippen LogP contribution >= 0.6 is 0 Å². The van der Waals surface area contributed by atoms with Crippen LogP contribution in [0.1, 0.15) is 45.0 Å². The lowest BCUT2D eigenvalue weighted by Gasteiger charge is -2.21. The van der Waals surface area contributed by atoms with E-state index >= 15 is 0 Å². The van der Waals surface area contributed by atoms with E-state index < -0.39 is 6.10 Å². The summed E-state index contributed by atoms with van der Waals surface area (Å²) in [6.07, 6.45) is 3.89. The van der Waals surface area contributed by atoms with Crippen molar-refractivity contribution in [3.05, 3.63) is 18.2 Å². The van der Waals surface area contributed by atoms with E-state index in [-0.39, 0.29) is 5.92 Å². The van der Waals surface area contributed by atoms with Crippen LogP contribution in [0.5, 0.6) is 0 Å². The number of nitrogens with zero attached hydrogens (tertiary/aromatic N) is 2. The largest absolute Gasteiger partial charge is 0.387 e. The Morgan fingerprint density at radius 2 is 2.12 bits per heavy atom. The average Bonchev–Trinajstić information content (AvgIpc) is 2.73. The number of hydrogen-bond donors (Lipinski definition) is 1. The predicted molar refractivity (Wildman–Crippen MR) is 63.2 cm³/mol. The minimum atomic E-state index is -0.472. The van der Waals surface area contributed by atoms with Gasteiger partial charge in [-0.25, -0.2) is 4.98 Å². The summed E-state index contributed by atoms with van der Waals surface area (Å²) < 4.78 is 7.03. The lowest BCUT2D eigenvalue weighted by molar-refractivity contribution is 0.0818. The van der Waals surface area contributed by atoms with Crippen LogP contribution in [0.3, 0.4) is 0 Å². The van der Waals surface area contributed by atoms with Gasteiger partial charge in [-0.3, -0.25) is 0 Å². The molecule has 0 aliphatic carbocycles. The predicted octanol–water partition coefficient (Wildman–Crippen LogP) is 2.17. The molecule has 2 atom stereocenters. The summed E-state index contributed by atoms with van der Waals surface area (Å²) in [6.45, 7) is 6.87. The van der Waals surface area contributed by atoms with E-state index in [1.165, 1.54) is 0 Å². The van der Waals surface area contributed by atoms with Crippen molar-refractivity contribution in [2.75, 3.05) is 13.7 Å². The molecule has 0 aliphatic rings. The fourth-order valence-corrected chi connectivity index (χ4v) is 1.73. The summed E-state index contributed by atoms with van der Waals surface area (Å²) in [4.78, 5) is 4.10. The molecule has 4 heteroatoms. The van der Waals surface area contributed by atoms with Crippen LogP contribution in [-0.2, 0) is 4.74 Å². The highest BCUT2D eigenvalue weighted by Gasteiger charge is 2.20. The quantitative estimate of drug-likeness (QED) is 0.808. The van der Waals surface area contributed by atoms with Crippen molar-refractivity contribution < 1.29 is 9.84 Å². The maximum atomic E-state index is 10.2. The van der Waals surface area contributed by atoms with Gasteiger partial charge in [-0.05, 0) is 26.2 Å². The number of ether oxygens (including phenoxy) is 1. The zero-order valence-electron chi connectivity index (χ0n) is 10.6. The van der Waals surface area contributed by atoms with Crippen molar-refractivity contribution in [3.63, 3.8) is 0 Å². The monoisotopic (exact) mass is 226 g/mol. The third-order valence-electron chi connectivity index (χ3n) is 2.87. The maximum absolute atomic E-state index is 10.2. The summed E-state index contributed by atoms with van der Waals surface area (Å²) in [7, 11) is 1.68. The van der Waals surface area contributed by atoms with Gasteiger partial charge < -0.3 is 14.4 Å². The number of methoxy groups -OCH3 is 1. The van der Waals surface area contributed by atoms with Gasteiger partial charge in [-0.2, -0.15) is 0 Å². The Kier molecular flexibility index (Phi) is 4.96. The van der Waals surface area contributed by atoms with E-state index in [9.17, 15) is 5.11 Å². The van der Waals surface area contributed by atoms with Crippen molar-refractivity contribution in [2.45, 2.75) is 39.3 Å². The molecule has 0 saturated carbocycles. The van der Waals surface area contributed by atoms with Crippen molar-refractivity contribution >= 4 is 0 Å². The molecule has 16 heavy (non-hydrogen) atoms. The van der Waals surface area contributed by atoms with Crippen LogP contribution in [0.15, 0.2) is 12.5 Å². The lowest BCUT2D eigenvalue weighted by Crippen LogP contribution is -2.16. The van der Waals surface area contributed by atoms with Gasteiger partial charge in [0.1, 0.15) is 0 Å². The van der Waals surface area contributed by atoms with Crippen molar-refractivity contribution in [1.82, 2.24) is 9.55 Å². The minimum Gasteiger partial charge on any atom is -0.387 e. The molecule has 4 nitrogen and oxygen atoms in total. The number of aromatic nitrogens is 2. The van der Waals surface area contributed by atoms with Crippen LogP contribution < -0.4 is 0 Å². The molecule has 1 N–H and O–H groups in total. The highest BCUT2D eigenvalue weighted by molar-refractivity contribution is 5.05. The summed E-state index contributed by atoms with van der Waals surface area (Å²) in [5.74, 6) is 0.175. The van der Waals surface area contributed by atoms with Gasteiger partial charge in [0.25, 0.3) is 0 Å². The highest BCUT2D eigenvalue weighted by Crippen LogP contribution is 2.25. The van der Waals surface area contributed by atoms with Crippen LogP contribution in [0.2, 0.25) is 0 Å². The van der Waals surface area contributed by atoms with E-state index in [0.29, 0.717) is 12.6 Å². The Labute approximate surface area is 97.3 Å². The third kappa shape index (κ3) is 3.06. The Morgan fingerprint density at radius 3 is 2.69 bits per heavy atom.